The van der Waals surface area contributed by atoms with Crippen molar-refractivity contribution in [3.8, 4) is 5.75 Å². The van der Waals surface area contributed by atoms with Gasteiger partial charge in [-0.05, 0) is 61.4 Å². The molecule has 144 valence electrons. The number of carbonyl (C=O) groups excluding carboxylic acids is 1. The van der Waals surface area contributed by atoms with Gasteiger partial charge in [0, 0.05) is 17.9 Å². The van der Waals surface area contributed by atoms with Gasteiger partial charge in [0.25, 0.3) is 5.91 Å². The van der Waals surface area contributed by atoms with Gasteiger partial charge in [-0.25, -0.2) is 14.4 Å². The van der Waals surface area contributed by atoms with E-state index >= 15 is 0 Å². The van der Waals surface area contributed by atoms with E-state index < -0.39 is 0 Å². The Morgan fingerprint density at radius 2 is 1.89 bits per heavy atom. The minimum absolute atomic E-state index is 0.237. The van der Waals surface area contributed by atoms with Crippen LogP contribution in [0, 0.1) is 12.7 Å². The topological polar surface area (TPSA) is 76.1 Å². The lowest BCUT2D eigenvalue weighted by molar-refractivity contribution is 0.102. The molecule has 1 amide bonds. The highest BCUT2D eigenvalue weighted by molar-refractivity contribution is 6.03. The quantitative estimate of drug-likeness (QED) is 0.651. The number of nitrogens with zero attached hydrogens (tertiary/aromatic N) is 2. The van der Waals surface area contributed by atoms with Crippen molar-refractivity contribution in [2.24, 2.45) is 0 Å². The molecule has 3 rings (SSSR count). The molecular formula is C21H21FN4O2. The molecule has 7 heteroatoms. The zero-order valence-electron chi connectivity index (χ0n) is 15.7. The maximum atomic E-state index is 13.0. The standard InChI is InChI=1S/C21H21FN4O2/c1-14-12-19(20(27)25-17-8-6-16(22)7-9-17)26-21(24-14)23-11-10-15-4-3-5-18(13-15)28-2/h3-9,12-13H,10-11H2,1-2H3,(H,25,27)(H,23,24,26). The predicted octanol–water partition coefficient (Wildman–Crippen LogP) is 3.84. The summed E-state index contributed by atoms with van der Waals surface area (Å²) in [6.07, 6.45) is 0.756. The number of amides is 1. The first-order chi connectivity index (χ1) is 13.5. The number of anilines is 2. The fraction of sp³-hybridized carbons (Fsp3) is 0.190. The van der Waals surface area contributed by atoms with Crippen LogP contribution in [0.15, 0.2) is 54.6 Å². The van der Waals surface area contributed by atoms with Crippen molar-refractivity contribution in [2.45, 2.75) is 13.3 Å². The van der Waals surface area contributed by atoms with Crippen LogP contribution < -0.4 is 15.4 Å². The summed E-state index contributed by atoms with van der Waals surface area (Å²) >= 11 is 0. The van der Waals surface area contributed by atoms with Gasteiger partial charge in [0.2, 0.25) is 5.95 Å². The Labute approximate surface area is 162 Å². The van der Waals surface area contributed by atoms with E-state index in [2.05, 4.69) is 20.6 Å². The first-order valence-electron chi connectivity index (χ1n) is 8.83. The van der Waals surface area contributed by atoms with Crippen LogP contribution in [0.25, 0.3) is 0 Å². The fourth-order valence-electron chi connectivity index (χ4n) is 2.64. The third-order valence-corrected chi connectivity index (χ3v) is 4.02. The highest BCUT2D eigenvalue weighted by atomic mass is 19.1. The van der Waals surface area contributed by atoms with E-state index in [9.17, 15) is 9.18 Å². The van der Waals surface area contributed by atoms with Gasteiger partial charge in [0.1, 0.15) is 17.3 Å². The molecule has 1 heterocycles. The SMILES string of the molecule is COc1cccc(CCNc2nc(C)cc(C(=O)Nc3ccc(F)cc3)n2)c1. The number of benzene rings is 2. The number of nitrogens with one attached hydrogen (secondary N) is 2. The van der Waals surface area contributed by atoms with Crippen molar-refractivity contribution in [1.82, 2.24) is 9.97 Å². The van der Waals surface area contributed by atoms with Gasteiger partial charge in [-0.15, -0.1) is 0 Å². The number of rotatable bonds is 7. The lowest BCUT2D eigenvalue weighted by Gasteiger charge is -2.09. The molecule has 1 aromatic heterocycles. The zero-order valence-corrected chi connectivity index (χ0v) is 15.7. The molecule has 6 nitrogen and oxygen atoms in total. The molecule has 0 spiro atoms. The Bertz CT molecular complexity index is 961. The van der Waals surface area contributed by atoms with Gasteiger partial charge in [-0.2, -0.15) is 0 Å². The van der Waals surface area contributed by atoms with Crippen molar-refractivity contribution in [1.29, 1.82) is 0 Å². The van der Waals surface area contributed by atoms with Gasteiger partial charge in [-0.1, -0.05) is 12.1 Å². The summed E-state index contributed by atoms with van der Waals surface area (Å²) in [5, 5.41) is 5.84. The third kappa shape index (κ3) is 5.26. The van der Waals surface area contributed by atoms with Crippen molar-refractivity contribution >= 4 is 17.5 Å². The van der Waals surface area contributed by atoms with Gasteiger partial charge < -0.3 is 15.4 Å². The number of halogens is 1. The van der Waals surface area contributed by atoms with Crippen LogP contribution in [0.4, 0.5) is 16.0 Å². The second-order valence-electron chi connectivity index (χ2n) is 6.21. The molecule has 0 radical (unpaired) electrons. The minimum atomic E-state index is -0.382. The molecule has 3 aromatic rings. The van der Waals surface area contributed by atoms with E-state index in [1.165, 1.54) is 24.3 Å². The summed E-state index contributed by atoms with van der Waals surface area (Å²) in [6.45, 7) is 2.40. The number of carbonyl (C=O) groups is 1. The monoisotopic (exact) mass is 380 g/mol. The van der Waals surface area contributed by atoms with E-state index in [4.69, 9.17) is 4.74 Å². The summed E-state index contributed by atoms with van der Waals surface area (Å²) in [5.74, 6) is 0.447. The highest BCUT2D eigenvalue weighted by Gasteiger charge is 2.11. The summed E-state index contributed by atoms with van der Waals surface area (Å²) in [5.41, 5.74) is 2.52. The second kappa shape index (κ2) is 8.94. The predicted molar refractivity (Wildman–Crippen MR) is 106 cm³/mol. The van der Waals surface area contributed by atoms with E-state index in [-0.39, 0.29) is 17.4 Å². The van der Waals surface area contributed by atoms with Gasteiger partial charge in [0.05, 0.1) is 7.11 Å². The smallest absolute Gasteiger partial charge is 0.274 e. The van der Waals surface area contributed by atoms with Crippen LogP contribution in [0.1, 0.15) is 21.7 Å². The molecule has 0 unspecified atom stereocenters. The Hall–Kier alpha value is -3.48. The lowest BCUT2D eigenvalue weighted by Crippen LogP contribution is -2.17. The number of aromatic nitrogens is 2. The lowest BCUT2D eigenvalue weighted by atomic mass is 10.1. The van der Waals surface area contributed by atoms with E-state index in [0.717, 1.165) is 17.7 Å². The molecule has 0 atom stereocenters. The van der Waals surface area contributed by atoms with E-state index in [1.807, 2.05) is 24.3 Å². The van der Waals surface area contributed by atoms with Crippen LogP contribution in [-0.2, 0) is 6.42 Å². The van der Waals surface area contributed by atoms with Crippen LogP contribution >= 0.6 is 0 Å². The van der Waals surface area contributed by atoms with Crippen LogP contribution in [0.2, 0.25) is 0 Å². The molecule has 0 bridgehead atoms. The van der Waals surface area contributed by atoms with Crippen molar-refractivity contribution < 1.29 is 13.9 Å². The maximum absolute atomic E-state index is 13.0. The van der Waals surface area contributed by atoms with Crippen molar-refractivity contribution in [3.05, 3.63) is 77.4 Å². The van der Waals surface area contributed by atoms with E-state index in [0.29, 0.717) is 23.9 Å². The zero-order chi connectivity index (χ0) is 19.9. The molecule has 0 fully saturated rings. The summed E-state index contributed by atoms with van der Waals surface area (Å²) < 4.78 is 18.2. The highest BCUT2D eigenvalue weighted by Crippen LogP contribution is 2.14. The Kier molecular flexibility index (Phi) is 6.16. The first kappa shape index (κ1) is 19.3. The molecule has 0 aliphatic heterocycles. The summed E-state index contributed by atoms with van der Waals surface area (Å²) in [4.78, 5) is 21.0. The van der Waals surface area contributed by atoms with E-state index in [1.54, 1.807) is 20.1 Å². The normalized spacial score (nSPS) is 10.4. The summed E-state index contributed by atoms with van der Waals surface area (Å²) in [6, 6.07) is 15.0. The van der Waals surface area contributed by atoms with Gasteiger partial charge in [0.15, 0.2) is 0 Å². The molecule has 2 N–H and O–H groups in total. The van der Waals surface area contributed by atoms with Crippen molar-refractivity contribution in [2.75, 3.05) is 24.3 Å². The van der Waals surface area contributed by atoms with Crippen LogP contribution in [0.3, 0.4) is 0 Å². The van der Waals surface area contributed by atoms with Crippen LogP contribution in [0.5, 0.6) is 5.75 Å². The Morgan fingerprint density at radius 1 is 1.11 bits per heavy atom. The number of hydrogen-bond acceptors (Lipinski definition) is 5. The fourth-order valence-corrected chi connectivity index (χ4v) is 2.64. The average Bonchev–Trinajstić information content (AvgIpc) is 2.69. The first-order valence-corrected chi connectivity index (χ1v) is 8.83. The van der Waals surface area contributed by atoms with Gasteiger partial charge in [-0.3, -0.25) is 4.79 Å². The molecule has 0 saturated heterocycles. The van der Waals surface area contributed by atoms with Gasteiger partial charge >= 0.3 is 0 Å². The maximum Gasteiger partial charge on any atom is 0.274 e. The number of ether oxygens (including phenoxy) is 1. The molecular weight excluding hydrogens is 359 g/mol. The molecule has 0 aliphatic rings. The second-order valence-corrected chi connectivity index (χ2v) is 6.21. The third-order valence-electron chi connectivity index (χ3n) is 4.02. The molecule has 0 saturated carbocycles. The van der Waals surface area contributed by atoms with Crippen molar-refractivity contribution in [3.63, 3.8) is 0 Å². The summed E-state index contributed by atoms with van der Waals surface area (Å²) in [7, 11) is 1.64. The molecule has 0 aliphatic carbocycles. The molecule has 28 heavy (non-hydrogen) atoms. The van der Waals surface area contributed by atoms with Crippen LogP contribution in [-0.4, -0.2) is 29.5 Å². The average molecular weight is 380 g/mol. The number of aryl methyl sites for hydroxylation is 1. The number of methoxy groups -OCH3 is 1. The Morgan fingerprint density at radius 3 is 2.64 bits per heavy atom. The molecule has 2 aromatic carbocycles. The largest absolute Gasteiger partial charge is 0.497 e. The minimum Gasteiger partial charge on any atom is -0.497 e. The number of hydrogen-bond donors (Lipinski definition) is 2. The Balaban J connectivity index is 1.63.